The van der Waals surface area contributed by atoms with E-state index in [2.05, 4.69) is 5.32 Å². The largest absolute Gasteiger partial charge is 0.477 e. The number of aromatic carboxylic acids is 1. The lowest BCUT2D eigenvalue weighted by atomic mass is 9.73. The summed E-state index contributed by atoms with van der Waals surface area (Å²) in [5, 5.41) is 48.0. The van der Waals surface area contributed by atoms with Crippen molar-refractivity contribution in [1.82, 2.24) is 14.8 Å². The first-order valence-electron chi connectivity index (χ1n) is 27.6. The smallest absolute Gasteiger partial charge is 0.341 e. The number of cyclic esters (lactones) is 1. The number of pyridine rings is 1. The zero-order valence-corrected chi connectivity index (χ0v) is 47.8. The fraction of sp³-hybridized carbons (Fsp3) is 0.772. The van der Waals surface area contributed by atoms with Gasteiger partial charge in [-0.05, 0) is 118 Å². The van der Waals surface area contributed by atoms with Gasteiger partial charge in [0.25, 0.3) is 0 Å². The third-order valence-corrected chi connectivity index (χ3v) is 17.1. The molecule has 5 N–H and O–H groups in total. The molecule has 0 radical (unpaired) electrons. The van der Waals surface area contributed by atoms with Crippen LogP contribution in [0.3, 0.4) is 0 Å². The van der Waals surface area contributed by atoms with E-state index in [9.17, 15) is 44.4 Å². The second-order valence-corrected chi connectivity index (χ2v) is 23.4. The Hall–Kier alpha value is -3.93. The van der Waals surface area contributed by atoms with Gasteiger partial charge in [0.15, 0.2) is 25.0 Å². The molecule has 0 amide bonds. The number of methoxy groups -OCH3 is 2. The van der Waals surface area contributed by atoms with Crippen molar-refractivity contribution in [3.05, 3.63) is 45.7 Å². The number of nitrogens with zero attached hydrogens (tertiary/aromatic N) is 2. The minimum atomic E-state index is -2.02. The van der Waals surface area contributed by atoms with Crippen LogP contribution in [0.25, 0.3) is 10.9 Å². The van der Waals surface area contributed by atoms with Gasteiger partial charge in [0.05, 0.1) is 53.9 Å². The number of Topliss-reactive ketones (excluding diaryl/α,β-unsaturated/α-hetero) is 1. The molecule has 18 atom stereocenters. The fourth-order valence-electron chi connectivity index (χ4n) is 12.0. The van der Waals surface area contributed by atoms with Crippen LogP contribution in [0.4, 0.5) is 0 Å². The summed E-state index contributed by atoms with van der Waals surface area (Å²) in [6, 6.07) is 5.51. The summed E-state index contributed by atoms with van der Waals surface area (Å²) in [5.74, 6) is -6.69. The number of hydrogen-bond donors (Lipinski definition) is 5. The number of ether oxygens (including phenoxy) is 8. The molecule has 20 nitrogen and oxygen atoms in total. The van der Waals surface area contributed by atoms with Crippen LogP contribution in [0.5, 0.6) is 0 Å². The van der Waals surface area contributed by atoms with Crippen LogP contribution >= 0.6 is 0 Å². The van der Waals surface area contributed by atoms with Crippen LogP contribution in [0.15, 0.2) is 29.2 Å². The molecule has 4 aliphatic rings. The number of esters is 2. The standard InChI is InChI=1S/C57H89N3O17/c1-15-42-57(10,69)48(64)32(4)45(62)31(3)27-55(8,70-13)49(76-54-30(2)25-41(59(11)12)53(68)77-54)33(5)47(34(6)52(67)73-42)75-44-28-56(9,71-14)50(35(7)72-44)74-43(61)22-24-58-23-16-17-36-18-21-40-38(26-36)46(63)39(51(65)66)29-60(40)37-19-20-37/h18,21,26,29-35,37,41-42,44,47-50,53-54,58,64,68-69H,15-17,19-20,22-25,27-28H2,1-14H3,(H,65,66)/t30-,31-,32+,33+,34-,35+,41+,42-,44+,47+,48+,49-,50+,53+,54+,55-,56-,57-/m1/s1. The summed E-state index contributed by atoms with van der Waals surface area (Å²) >= 11 is 0. The zero-order chi connectivity index (χ0) is 57.1. The molecule has 1 saturated carbocycles. The zero-order valence-electron chi connectivity index (χ0n) is 47.8. The number of hydrogen-bond acceptors (Lipinski definition) is 18. The SMILES string of the molecule is CC[C@H]1OC(=O)[C@H](C)[C@@H](O[C@H]2C[C@@](C)(OC)[C@@H](OC(=O)CCNCCCc3ccc4c(c3)c(=O)c(C(=O)O)cn4C3CC3)[C@H](C)O2)[C@H](C)[C@@H](O[C@H]2O[C@H](O)[C@@H](N(C)C)C[C@H]2C)[C@](C)(OC)C[C@@H](C)C(=O)[C@H](C)[C@H](O)[C@]1(C)O. The van der Waals surface area contributed by atoms with E-state index in [1.807, 2.05) is 49.5 Å². The summed E-state index contributed by atoms with van der Waals surface area (Å²) in [6.07, 6.45) is -4.28. The van der Waals surface area contributed by atoms with E-state index in [1.54, 1.807) is 54.5 Å². The molecule has 1 aliphatic carbocycles. The Labute approximate surface area is 453 Å². The summed E-state index contributed by atoms with van der Waals surface area (Å²) in [6.45, 7) is 18.0. The van der Waals surface area contributed by atoms with Crippen molar-refractivity contribution in [2.24, 2.45) is 29.6 Å². The molecule has 3 aliphatic heterocycles. The molecule has 2 aromatic rings. The van der Waals surface area contributed by atoms with Crippen molar-refractivity contribution in [2.45, 2.75) is 211 Å². The molecule has 4 heterocycles. The van der Waals surface area contributed by atoms with Crippen molar-refractivity contribution < 1.29 is 77.5 Å². The number of carboxylic acids is 1. The number of nitrogens with one attached hydrogen (secondary N) is 1. The Balaban J connectivity index is 1.18. The third-order valence-electron chi connectivity index (χ3n) is 17.1. The monoisotopic (exact) mass is 1090 g/mol. The summed E-state index contributed by atoms with van der Waals surface area (Å²) in [4.78, 5) is 69.1. The lowest BCUT2D eigenvalue weighted by Crippen LogP contribution is -2.61. The number of fused-ring (bicyclic) bond motifs is 1. The van der Waals surface area contributed by atoms with E-state index in [0.717, 1.165) is 23.9 Å². The number of aliphatic hydroxyl groups is 3. The van der Waals surface area contributed by atoms with Gasteiger partial charge in [-0.3, -0.25) is 19.2 Å². The number of aryl methyl sites for hydroxylation is 1. The van der Waals surface area contributed by atoms with Gasteiger partial charge in [-0.25, -0.2) is 4.79 Å². The molecule has 20 heteroatoms. The highest BCUT2D eigenvalue weighted by molar-refractivity contribution is 5.93. The minimum absolute atomic E-state index is 0.0401. The summed E-state index contributed by atoms with van der Waals surface area (Å²) in [5.41, 5.74) is -3.56. The lowest BCUT2D eigenvalue weighted by molar-refractivity contribution is -0.332. The molecule has 77 heavy (non-hydrogen) atoms. The van der Waals surface area contributed by atoms with E-state index < -0.39 is 119 Å². The predicted molar refractivity (Wildman–Crippen MR) is 284 cm³/mol. The van der Waals surface area contributed by atoms with Crippen LogP contribution in [-0.4, -0.2) is 173 Å². The number of carboxylic acid groups (broad SMARTS) is 1. The van der Waals surface area contributed by atoms with Gasteiger partial charge in [0.1, 0.15) is 28.7 Å². The molecule has 0 spiro atoms. The Morgan fingerprint density at radius 1 is 0.896 bits per heavy atom. The van der Waals surface area contributed by atoms with Gasteiger partial charge in [0.2, 0.25) is 5.43 Å². The van der Waals surface area contributed by atoms with Crippen molar-refractivity contribution in [3.63, 3.8) is 0 Å². The Kier molecular flexibility index (Phi) is 20.8. The fourth-order valence-corrected chi connectivity index (χ4v) is 12.0. The topological polar surface area (TPSA) is 260 Å². The number of aliphatic hydroxyl groups excluding tert-OH is 2. The molecule has 0 bridgehead atoms. The summed E-state index contributed by atoms with van der Waals surface area (Å²) in [7, 11) is 6.73. The highest BCUT2D eigenvalue weighted by Crippen LogP contribution is 2.43. The van der Waals surface area contributed by atoms with Crippen LogP contribution in [0, 0.1) is 29.6 Å². The maximum Gasteiger partial charge on any atom is 0.341 e. The number of ketones is 1. The van der Waals surface area contributed by atoms with E-state index >= 15 is 0 Å². The van der Waals surface area contributed by atoms with E-state index in [0.29, 0.717) is 37.7 Å². The first-order chi connectivity index (χ1) is 36.1. The highest BCUT2D eigenvalue weighted by atomic mass is 16.7. The molecule has 6 rings (SSSR count). The van der Waals surface area contributed by atoms with Crippen molar-refractivity contribution in [1.29, 1.82) is 0 Å². The Bertz CT molecular complexity index is 2430. The van der Waals surface area contributed by atoms with Gasteiger partial charge in [-0.1, -0.05) is 40.7 Å². The number of likely N-dealkylation sites (N-methyl/N-ethyl adjacent to an activating group) is 1. The van der Waals surface area contributed by atoms with Gasteiger partial charge in [-0.15, -0.1) is 0 Å². The van der Waals surface area contributed by atoms with Crippen LogP contribution in [0.1, 0.15) is 143 Å². The first-order valence-corrected chi connectivity index (χ1v) is 27.6. The van der Waals surface area contributed by atoms with E-state index in [-0.39, 0.29) is 55.0 Å². The number of aromatic nitrogens is 1. The molecule has 1 aromatic heterocycles. The number of carbonyl (C=O) groups excluding carboxylic acids is 3. The van der Waals surface area contributed by atoms with Gasteiger partial charge >= 0.3 is 17.9 Å². The van der Waals surface area contributed by atoms with Crippen molar-refractivity contribution in [3.8, 4) is 0 Å². The molecular formula is C57H89N3O17. The molecule has 4 fully saturated rings. The quantitative estimate of drug-likeness (QED) is 0.0954. The Morgan fingerprint density at radius 3 is 2.17 bits per heavy atom. The molecular weight excluding hydrogens is 999 g/mol. The summed E-state index contributed by atoms with van der Waals surface area (Å²) < 4.78 is 53.2. The maximum atomic E-state index is 14.6. The average Bonchev–Trinajstić information content (AvgIpc) is 4.25. The first kappa shape index (κ1) is 62.3. The number of rotatable bonds is 18. The van der Waals surface area contributed by atoms with Crippen molar-refractivity contribution >= 4 is 34.6 Å². The molecule has 0 unspecified atom stereocenters. The average molecular weight is 1090 g/mol. The minimum Gasteiger partial charge on any atom is -0.477 e. The van der Waals surface area contributed by atoms with E-state index in [4.69, 9.17) is 37.9 Å². The second kappa shape index (κ2) is 25.7. The van der Waals surface area contributed by atoms with Crippen molar-refractivity contribution in [2.75, 3.05) is 41.4 Å². The molecule has 3 saturated heterocycles. The van der Waals surface area contributed by atoms with Gasteiger partial charge < -0.3 is 73.1 Å². The number of benzene rings is 1. The molecule has 434 valence electrons. The Morgan fingerprint density at radius 2 is 1.56 bits per heavy atom. The van der Waals surface area contributed by atoms with Crippen LogP contribution < -0.4 is 10.7 Å². The van der Waals surface area contributed by atoms with E-state index in [1.165, 1.54) is 27.3 Å². The van der Waals surface area contributed by atoms with Crippen LogP contribution in [-0.2, 0) is 58.7 Å². The molecule has 1 aromatic carbocycles. The van der Waals surface area contributed by atoms with Gasteiger partial charge in [0, 0.05) is 68.5 Å². The van der Waals surface area contributed by atoms with Gasteiger partial charge in [-0.2, -0.15) is 0 Å². The normalized spacial score (nSPS) is 37.8. The number of carbonyl (C=O) groups is 4. The highest BCUT2D eigenvalue weighted by Gasteiger charge is 2.55. The maximum absolute atomic E-state index is 14.6. The predicted octanol–water partition coefficient (Wildman–Crippen LogP) is 5.16. The van der Waals surface area contributed by atoms with Crippen LogP contribution in [0.2, 0.25) is 0 Å². The second-order valence-electron chi connectivity index (χ2n) is 23.4. The third kappa shape index (κ3) is 14.0. The lowest BCUT2D eigenvalue weighted by Gasteiger charge is -2.50.